The second-order valence-corrected chi connectivity index (χ2v) is 6.02. The van der Waals surface area contributed by atoms with Gasteiger partial charge >= 0.3 is 0 Å². The van der Waals surface area contributed by atoms with Crippen LogP contribution >= 0.6 is 31.9 Å². The molecular formula is C15H14Br2FN. The van der Waals surface area contributed by atoms with Crippen LogP contribution in [0.5, 0.6) is 0 Å². The van der Waals surface area contributed by atoms with Crippen LogP contribution in [0.25, 0.3) is 0 Å². The van der Waals surface area contributed by atoms with Crippen molar-refractivity contribution in [2.45, 2.75) is 12.5 Å². The van der Waals surface area contributed by atoms with Crippen molar-refractivity contribution in [3.05, 3.63) is 68.4 Å². The maximum absolute atomic E-state index is 13.3. The van der Waals surface area contributed by atoms with Gasteiger partial charge in [-0.3, -0.25) is 0 Å². The van der Waals surface area contributed by atoms with Crippen molar-refractivity contribution in [1.82, 2.24) is 5.32 Å². The fraction of sp³-hybridized carbons (Fsp3) is 0.200. The summed E-state index contributed by atoms with van der Waals surface area (Å²) < 4.78 is 14.9. The Bertz CT molecular complexity index is 572. The molecule has 0 fully saturated rings. The van der Waals surface area contributed by atoms with Gasteiger partial charge in [-0.2, -0.15) is 0 Å². The van der Waals surface area contributed by atoms with Gasteiger partial charge < -0.3 is 5.32 Å². The van der Waals surface area contributed by atoms with Gasteiger partial charge in [-0.05, 0) is 58.7 Å². The topological polar surface area (TPSA) is 12.0 Å². The molecule has 0 saturated heterocycles. The van der Waals surface area contributed by atoms with E-state index < -0.39 is 0 Å². The molecule has 1 atom stereocenters. The smallest absolute Gasteiger partial charge is 0.137 e. The van der Waals surface area contributed by atoms with Gasteiger partial charge in [0.2, 0.25) is 0 Å². The van der Waals surface area contributed by atoms with Gasteiger partial charge in [0.05, 0.1) is 4.47 Å². The first-order valence-corrected chi connectivity index (χ1v) is 7.56. The van der Waals surface area contributed by atoms with Crippen LogP contribution in [0.4, 0.5) is 4.39 Å². The molecule has 0 aromatic heterocycles. The highest BCUT2D eigenvalue weighted by atomic mass is 79.9. The summed E-state index contributed by atoms with van der Waals surface area (Å²) in [5, 5.41) is 3.28. The molecule has 0 radical (unpaired) electrons. The van der Waals surface area contributed by atoms with Crippen LogP contribution in [0.3, 0.4) is 0 Å². The number of hydrogen-bond acceptors (Lipinski definition) is 1. The highest BCUT2D eigenvalue weighted by molar-refractivity contribution is 9.10. The maximum atomic E-state index is 13.3. The molecule has 100 valence electrons. The Labute approximate surface area is 129 Å². The van der Waals surface area contributed by atoms with Crippen molar-refractivity contribution in [2.24, 2.45) is 0 Å². The SMILES string of the molecule is CNC(Cc1ccccc1Br)c1ccc(F)c(Br)c1. The van der Waals surface area contributed by atoms with E-state index in [1.54, 1.807) is 0 Å². The first-order valence-electron chi connectivity index (χ1n) is 5.97. The summed E-state index contributed by atoms with van der Waals surface area (Å²) in [4.78, 5) is 0. The molecular weight excluding hydrogens is 373 g/mol. The van der Waals surface area contributed by atoms with E-state index in [1.807, 2.05) is 37.4 Å². The van der Waals surface area contributed by atoms with Gasteiger partial charge in [0, 0.05) is 10.5 Å². The summed E-state index contributed by atoms with van der Waals surface area (Å²) in [6.45, 7) is 0. The van der Waals surface area contributed by atoms with Gasteiger partial charge in [-0.25, -0.2) is 4.39 Å². The fourth-order valence-electron chi connectivity index (χ4n) is 2.00. The van der Waals surface area contributed by atoms with Crippen LogP contribution in [0.1, 0.15) is 17.2 Å². The number of halogens is 3. The molecule has 0 heterocycles. The molecule has 2 aromatic carbocycles. The lowest BCUT2D eigenvalue weighted by Gasteiger charge is -2.18. The van der Waals surface area contributed by atoms with Crippen molar-refractivity contribution in [1.29, 1.82) is 0 Å². The summed E-state index contributed by atoms with van der Waals surface area (Å²) in [6, 6.07) is 13.4. The van der Waals surface area contributed by atoms with Gasteiger partial charge in [-0.1, -0.05) is 40.2 Å². The average Bonchev–Trinajstić information content (AvgIpc) is 2.41. The van der Waals surface area contributed by atoms with Crippen molar-refractivity contribution < 1.29 is 4.39 Å². The molecule has 0 amide bonds. The summed E-state index contributed by atoms with van der Waals surface area (Å²) in [5.41, 5.74) is 2.29. The Morgan fingerprint density at radius 3 is 2.47 bits per heavy atom. The normalized spacial score (nSPS) is 12.4. The zero-order valence-corrected chi connectivity index (χ0v) is 13.6. The number of hydrogen-bond donors (Lipinski definition) is 1. The molecule has 0 bridgehead atoms. The van der Waals surface area contributed by atoms with E-state index >= 15 is 0 Å². The summed E-state index contributed by atoms with van der Waals surface area (Å²) >= 11 is 6.79. The average molecular weight is 387 g/mol. The van der Waals surface area contributed by atoms with Crippen LogP contribution < -0.4 is 5.32 Å². The number of likely N-dealkylation sites (N-methyl/N-ethyl adjacent to an activating group) is 1. The quantitative estimate of drug-likeness (QED) is 0.791. The molecule has 1 unspecified atom stereocenters. The molecule has 0 aliphatic carbocycles. The third-order valence-corrected chi connectivity index (χ3v) is 4.46. The van der Waals surface area contributed by atoms with E-state index in [-0.39, 0.29) is 11.9 Å². The number of nitrogens with one attached hydrogen (secondary N) is 1. The van der Waals surface area contributed by atoms with Gasteiger partial charge in [-0.15, -0.1) is 0 Å². The minimum Gasteiger partial charge on any atom is -0.313 e. The Kier molecular flexibility index (Phi) is 5.13. The second-order valence-electron chi connectivity index (χ2n) is 4.31. The Morgan fingerprint density at radius 1 is 1.11 bits per heavy atom. The van der Waals surface area contributed by atoms with Crippen LogP contribution in [0.15, 0.2) is 51.4 Å². The van der Waals surface area contributed by atoms with Crippen molar-refractivity contribution in [3.8, 4) is 0 Å². The number of rotatable bonds is 4. The van der Waals surface area contributed by atoms with Gasteiger partial charge in [0.25, 0.3) is 0 Å². The molecule has 1 N–H and O–H groups in total. The molecule has 0 aliphatic heterocycles. The Hall–Kier alpha value is -0.710. The molecule has 2 aromatic rings. The van der Waals surface area contributed by atoms with E-state index in [1.165, 1.54) is 11.6 Å². The monoisotopic (exact) mass is 385 g/mol. The summed E-state index contributed by atoms with van der Waals surface area (Å²) in [6.07, 6.45) is 0.843. The molecule has 19 heavy (non-hydrogen) atoms. The lowest BCUT2D eigenvalue weighted by molar-refractivity contribution is 0.583. The van der Waals surface area contributed by atoms with E-state index in [4.69, 9.17) is 0 Å². The summed E-state index contributed by atoms with van der Waals surface area (Å²) in [7, 11) is 1.92. The third kappa shape index (κ3) is 3.65. The van der Waals surface area contributed by atoms with Crippen molar-refractivity contribution in [2.75, 3.05) is 7.05 Å². The lowest BCUT2D eigenvalue weighted by Crippen LogP contribution is -2.19. The summed E-state index contributed by atoms with van der Waals surface area (Å²) in [5.74, 6) is -0.237. The van der Waals surface area contributed by atoms with Crippen LogP contribution in [0.2, 0.25) is 0 Å². The fourth-order valence-corrected chi connectivity index (χ4v) is 2.84. The standard InChI is InChI=1S/C15H14Br2FN/c1-19-15(9-10-4-2-3-5-12(10)16)11-6-7-14(18)13(17)8-11/h2-8,15,19H,9H2,1H3. The largest absolute Gasteiger partial charge is 0.313 e. The minimum absolute atomic E-state index is 0.149. The molecule has 1 nitrogen and oxygen atoms in total. The Balaban J connectivity index is 2.25. The predicted molar refractivity (Wildman–Crippen MR) is 83.7 cm³/mol. The Morgan fingerprint density at radius 2 is 1.84 bits per heavy atom. The number of benzene rings is 2. The highest BCUT2D eigenvalue weighted by Crippen LogP contribution is 2.26. The van der Waals surface area contributed by atoms with Gasteiger partial charge in [0.15, 0.2) is 0 Å². The van der Waals surface area contributed by atoms with Gasteiger partial charge in [0.1, 0.15) is 5.82 Å². The first-order chi connectivity index (χ1) is 9.11. The zero-order chi connectivity index (χ0) is 13.8. The van der Waals surface area contributed by atoms with Crippen LogP contribution in [-0.2, 0) is 6.42 Å². The molecule has 0 spiro atoms. The first kappa shape index (κ1) is 14.7. The van der Waals surface area contributed by atoms with Crippen molar-refractivity contribution >= 4 is 31.9 Å². The highest BCUT2D eigenvalue weighted by Gasteiger charge is 2.13. The molecule has 2 rings (SSSR count). The lowest BCUT2D eigenvalue weighted by atomic mass is 9.99. The molecule has 0 saturated carbocycles. The van der Waals surface area contributed by atoms with Crippen molar-refractivity contribution in [3.63, 3.8) is 0 Å². The zero-order valence-electron chi connectivity index (χ0n) is 10.5. The third-order valence-electron chi connectivity index (χ3n) is 3.08. The van der Waals surface area contributed by atoms with E-state index in [0.29, 0.717) is 4.47 Å². The second kappa shape index (κ2) is 6.64. The molecule has 0 aliphatic rings. The molecule has 4 heteroatoms. The minimum atomic E-state index is -0.237. The van der Waals surface area contributed by atoms with E-state index in [9.17, 15) is 4.39 Å². The predicted octanol–water partition coefficient (Wildman–Crippen LogP) is 4.85. The van der Waals surface area contributed by atoms with E-state index in [2.05, 4.69) is 43.2 Å². The maximum Gasteiger partial charge on any atom is 0.137 e. The van der Waals surface area contributed by atoms with Crippen LogP contribution in [-0.4, -0.2) is 7.05 Å². The van der Waals surface area contributed by atoms with E-state index in [0.717, 1.165) is 16.5 Å². The van der Waals surface area contributed by atoms with Crippen LogP contribution in [0, 0.1) is 5.82 Å².